The van der Waals surface area contributed by atoms with Crippen LogP contribution in [0.5, 0.6) is 0 Å². The van der Waals surface area contributed by atoms with Crippen molar-refractivity contribution in [1.29, 1.82) is 0 Å². The second kappa shape index (κ2) is 8.66. The highest BCUT2D eigenvalue weighted by atomic mass is 32.2. The van der Waals surface area contributed by atoms with Crippen molar-refractivity contribution in [2.24, 2.45) is 0 Å². The Kier molecular flexibility index (Phi) is 6.32. The first-order valence-corrected chi connectivity index (χ1v) is 11.0. The maximum atomic E-state index is 12.9. The number of sulfonamides is 1. The topological polar surface area (TPSA) is 75.3 Å². The molecule has 0 aromatic heterocycles. The van der Waals surface area contributed by atoms with Gasteiger partial charge in [-0.1, -0.05) is 24.3 Å². The second-order valence-electron chi connectivity index (χ2n) is 7.36. The van der Waals surface area contributed by atoms with E-state index in [4.69, 9.17) is 0 Å². The molecule has 0 aliphatic rings. The van der Waals surface area contributed by atoms with E-state index in [2.05, 4.69) is 10.0 Å². The summed E-state index contributed by atoms with van der Waals surface area (Å²) in [4.78, 5) is 12.6. The number of hydrogen-bond donors (Lipinski definition) is 2. The van der Waals surface area contributed by atoms with Crippen molar-refractivity contribution in [3.63, 3.8) is 0 Å². The molecule has 0 bridgehead atoms. The highest BCUT2D eigenvalue weighted by Gasteiger charge is 2.30. The lowest BCUT2D eigenvalue weighted by Crippen LogP contribution is -2.18. The number of nitrogens with one attached hydrogen (secondary N) is 2. The first-order valence-electron chi connectivity index (χ1n) is 9.57. The molecule has 0 unspecified atom stereocenters. The molecule has 2 N–H and O–H groups in total. The number of carbonyl (C=O) groups is 1. The molecule has 1 amide bonds. The van der Waals surface area contributed by atoms with Crippen molar-refractivity contribution in [3.8, 4) is 0 Å². The Balaban J connectivity index is 1.90. The molecule has 0 atom stereocenters. The van der Waals surface area contributed by atoms with Gasteiger partial charge in [-0.15, -0.1) is 0 Å². The highest BCUT2D eigenvalue weighted by molar-refractivity contribution is 7.92. The summed E-state index contributed by atoms with van der Waals surface area (Å²) in [6, 6.07) is 13.5. The van der Waals surface area contributed by atoms with Crippen LogP contribution >= 0.6 is 0 Å². The molecule has 9 heteroatoms. The summed E-state index contributed by atoms with van der Waals surface area (Å²) in [5.41, 5.74) is 1.65. The van der Waals surface area contributed by atoms with Crippen LogP contribution in [0.4, 0.5) is 24.5 Å². The maximum Gasteiger partial charge on any atom is 0.416 e. The van der Waals surface area contributed by atoms with Gasteiger partial charge in [-0.05, 0) is 73.9 Å². The molecule has 32 heavy (non-hydrogen) atoms. The predicted octanol–water partition coefficient (Wildman–Crippen LogP) is 5.68. The minimum absolute atomic E-state index is 0.0336. The number of hydrogen-bond acceptors (Lipinski definition) is 3. The fourth-order valence-corrected chi connectivity index (χ4v) is 4.20. The Morgan fingerprint density at radius 3 is 2.25 bits per heavy atom. The molecule has 0 aliphatic heterocycles. The van der Waals surface area contributed by atoms with Gasteiger partial charge in [0, 0.05) is 11.3 Å². The van der Waals surface area contributed by atoms with Crippen molar-refractivity contribution in [2.75, 3.05) is 10.0 Å². The van der Waals surface area contributed by atoms with Crippen LogP contribution in [0.2, 0.25) is 0 Å². The molecule has 0 heterocycles. The molecule has 3 aromatic carbocycles. The third-order valence-electron chi connectivity index (χ3n) is 5.06. The average molecular weight is 462 g/mol. The molecule has 0 radical (unpaired) electrons. The predicted molar refractivity (Wildman–Crippen MR) is 117 cm³/mol. The number of benzene rings is 3. The summed E-state index contributed by atoms with van der Waals surface area (Å²) >= 11 is 0. The molecular formula is C23H21F3N2O3S. The lowest BCUT2D eigenvalue weighted by molar-refractivity contribution is -0.137. The van der Waals surface area contributed by atoms with Gasteiger partial charge in [0.25, 0.3) is 15.9 Å². The molecule has 3 rings (SSSR count). The molecule has 168 valence electrons. The largest absolute Gasteiger partial charge is 0.416 e. The van der Waals surface area contributed by atoms with Gasteiger partial charge in [0.2, 0.25) is 0 Å². The first kappa shape index (κ1) is 23.3. The van der Waals surface area contributed by atoms with Crippen molar-refractivity contribution < 1.29 is 26.4 Å². The maximum absolute atomic E-state index is 12.9. The van der Waals surface area contributed by atoms with Crippen molar-refractivity contribution in [2.45, 2.75) is 31.8 Å². The average Bonchev–Trinajstić information content (AvgIpc) is 2.71. The van der Waals surface area contributed by atoms with E-state index in [0.29, 0.717) is 11.3 Å². The zero-order chi connectivity index (χ0) is 23.7. The number of anilines is 2. The summed E-state index contributed by atoms with van der Waals surface area (Å²) in [5, 5.41) is 2.40. The lowest BCUT2D eigenvalue weighted by atomic mass is 10.1. The zero-order valence-electron chi connectivity index (χ0n) is 17.5. The van der Waals surface area contributed by atoms with Crippen LogP contribution in [-0.2, 0) is 16.2 Å². The SMILES string of the molecule is Cc1ccc(S(=O)(=O)Nc2cccc(C)c2C)cc1C(=O)Nc1cccc(C(F)(F)F)c1. The molecule has 0 spiro atoms. The number of amides is 1. The van der Waals surface area contributed by atoms with Crippen LogP contribution in [0.1, 0.15) is 32.6 Å². The van der Waals surface area contributed by atoms with Gasteiger partial charge in [0.15, 0.2) is 0 Å². The van der Waals surface area contributed by atoms with Crippen LogP contribution in [0.15, 0.2) is 65.6 Å². The number of rotatable bonds is 5. The monoisotopic (exact) mass is 462 g/mol. The number of halogens is 3. The van der Waals surface area contributed by atoms with Crippen molar-refractivity contribution >= 4 is 27.3 Å². The quantitative estimate of drug-likeness (QED) is 0.512. The highest BCUT2D eigenvalue weighted by Crippen LogP contribution is 2.31. The Morgan fingerprint density at radius 2 is 1.56 bits per heavy atom. The molecular weight excluding hydrogens is 441 g/mol. The van der Waals surface area contributed by atoms with Gasteiger partial charge in [-0.25, -0.2) is 8.42 Å². The first-order chi connectivity index (χ1) is 14.9. The molecule has 0 saturated carbocycles. The van der Waals surface area contributed by atoms with Crippen molar-refractivity contribution in [3.05, 3.63) is 88.5 Å². The van der Waals surface area contributed by atoms with E-state index in [-0.39, 0.29) is 16.1 Å². The summed E-state index contributed by atoms with van der Waals surface area (Å²) in [6.07, 6.45) is -4.55. The fourth-order valence-electron chi connectivity index (χ4n) is 3.05. The summed E-state index contributed by atoms with van der Waals surface area (Å²) < 4.78 is 67.1. The van der Waals surface area contributed by atoms with E-state index in [0.717, 1.165) is 23.3 Å². The van der Waals surface area contributed by atoms with E-state index >= 15 is 0 Å². The minimum atomic E-state index is -4.55. The Bertz CT molecular complexity index is 1290. The summed E-state index contributed by atoms with van der Waals surface area (Å²) in [7, 11) is -4.00. The lowest BCUT2D eigenvalue weighted by Gasteiger charge is -2.14. The normalized spacial score (nSPS) is 11.8. The van der Waals surface area contributed by atoms with Gasteiger partial charge in [-0.3, -0.25) is 9.52 Å². The molecule has 0 fully saturated rings. The Hall–Kier alpha value is -3.33. The van der Waals surface area contributed by atoms with Gasteiger partial charge in [0.05, 0.1) is 16.1 Å². The van der Waals surface area contributed by atoms with E-state index in [1.807, 2.05) is 13.0 Å². The summed E-state index contributed by atoms with van der Waals surface area (Å²) in [6.45, 7) is 5.25. The molecule has 5 nitrogen and oxygen atoms in total. The van der Waals surface area contributed by atoms with Crippen LogP contribution in [0, 0.1) is 20.8 Å². The Morgan fingerprint density at radius 1 is 0.875 bits per heavy atom. The van der Waals surface area contributed by atoms with Gasteiger partial charge in [0.1, 0.15) is 0 Å². The number of alkyl halides is 3. The van der Waals surface area contributed by atoms with Crippen LogP contribution in [0.25, 0.3) is 0 Å². The van der Waals surface area contributed by atoms with E-state index in [9.17, 15) is 26.4 Å². The fraction of sp³-hybridized carbons (Fsp3) is 0.174. The van der Waals surface area contributed by atoms with Gasteiger partial charge < -0.3 is 5.32 Å². The van der Waals surface area contributed by atoms with Gasteiger partial charge >= 0.3 is 6.18 Å². The van der Waals surface area contributed by atoms with E-state index in [1.165, 1.54) is 30.3 Å². The van der Waals surface area contributed by atoms with Gasteiger partial charge in [-0.2, -0.15) is 13.2 Å². The van der Waals surface area contributed by atoms with Crippen LogP contribution in [0.3, 0.4) is 0 Å². The standard InChI is InChI=1S/C23H21F3N2O3S/c1-14-6-4-9-21(16(14)3)28-32(30,31)19-11-10-15(2)20(13-19)22(29)27-18-8-5-7-17(12-18)23(24,25)26/h4-13,28H,1-3H3,(H,27,29). The third kappa shape index (κ3) is 5.11. The third-order valence-corrected chi connectivity index (χ3v) is 6.42. The molecule has 3 aromatic rings. The Labute approximate surface area is 184 Å². The van der Waals surface area contributed by atoms with E-state index < -0.39 is 27.7 Å². The minimum Gasteiger partial charge on any atom is -0.322 e. The van der Waals surface area contributed by atoms with Crippen molar-refractivity contribution in [1.82, 2.24) is 0 Å². The van der Waals surface area contributed by atoms with E-state index in [1.54, 1.807) is 26.0 Å². The van der Waals surface area contributed by atoms with Crippen LogP contribution < -0.4 is 10.0 Å². The second-order valence-corrected chi connectivity index (χ2v) is 9.04. The molecule has 0 saturated heterocycles. The smallest absolute Gasteiger partial charge is 0.322 e. The van der Waals surface area contributed by atoms with Crippen LogP contribution in [-0.4, -0.2) is 14.3 Å². The number of carbonyl (C=O) groups excluding carboxylic acids is 1. The number of aryl methyl sites for hydroxylation is 2. The zero-order valence-corrected chi connectivity index (χ0v) is 18.4. The summed E-state index contributed by atoms with van der Waals surface area (Å²) in [5.74, 6) is -0.717. The molecule has 0 aliphatic carbocycles.